The normalized spacial score (nSPS) is 16.8. The minimum Gasteiger partial charge on any atom is -0.496 e. The van der Waals surface area contributed by atoms with Gasteiger partial charge in [-0.15, -0.1) is 0 Å². The molecule has 2 N–H and O–H groups in total. The maximum Gasteiger partial charge on any atom is 0.257 e. The van der Waals surface area contributed by atoms with Gasteiger partial charge < -0.3 is 10.1 Å². The third-order valence-corrected chi connectivity index (χ3v) is 4.40. The lowest BCUT2D eigenvalue weighted by Crippen LogP contribution is -2.48. The summed E-state index contributed by atoms with van der Waals surface area (Å²) in [4.78, 5) is 26.1. The molecule has 3 heterocycles. The molecular formula is C20H20N6O2. The number of ether oxygens (including phenoxy) is 1. The van der Waals surface area contributed by atoms with Gasteiger partial charge >= 0.3 is 0 Å². The van der Waals surface area contributed by atoms with Crippen molar-refractivity contribution in [1.82, 2.24) is 19.9 Å². The van der Waals surface area contributed by atoms with Crippen LogP contribution in [0.1, 0.15) is 23.1 Å². The molecule has 3 aromatic rings. The van der Waals surface area contributed by atoms with E-state index in [9.17, 15) is 4.79 Å². The number of nitrogens with zero attached hydrogens (tertiary/aromatic N) is 4. The molecule has 0 fully saturated rings. The van der Waals surface area contributed by atoms with Crippen LogP contribution in [0.5, 0.6) is 5.75 Å². The van der Waals surface area contributed by atoms with Crippen LogP contribution < -0.4 is 20.9 Å². The van der Waals surface area contributed by atoms with Gasteiger partial charge in [-0.05, 0) is 25.1 Å². The van der Waals surface area contributed by atoms with Gasteiger partial charge in [0.1, 0.15) is 11.9 Å². The van der Waals surface area contributed by atoms with E-state index in [1.165, 1.54) is 6.07 Å². The fraction of sp³-hybridized carbons (Fsp3) is 0.200. The fourth-order valence-corrected chi connectivity index (χ4v) is 3.13. The first-order chi connectivity index (χ1) is 13.7. The van der Waals surface area contributed by atoms with Gasteiger partial charge in [0.25, 0.3) is 5.56 Å². The van der Waals surface area contributed by atoms with E-state index in [2.05, 4.69) is 25.6 Å². The van der Waals surface area contributed by atoms with E-state index in [0.717, 1.165) is 11.3 Å². The Morgan fingerprint density at radius 3 is 2.82 bits per heavy atom. The number of benzene rings is 1. The summed E-state index contributed by atoms with van der Waals surface area (Å²) in [5.41, 5.74) is 2.12. The monoisotopic (exact) mass is 376 g/mol. The highest BCUT2D eigenvalue weighted by Gasteiger charge is 2.28. The van der Waals surface area contributed by atoms with Gasteiger partial charge in [0, 0.05) is 23.5 Å². The number of aromatic nitrogens is 3. The summed E-state index contributed by atoms with van der Waals surface area (Å²) in [6.07, 6.45) is 1.23. The maximum atomic E-state index is 12.7. The fourth-order valence-electron chi connectivity index (χ4n) is 3.13. The summed E-state index contributed by atoms with van der Waals surface area (Å²) in [7, 11) is 1.60. The summed E-state index contributed by atoms with van der Waals surface area (Å²) in [6.45, 7) is 2.18. The van der Waals surface area contributed by atoms with Gasteiger partial charge in [-0.2, -0.15) is 0 Å². The number of para-hydroxylation sites is 1. The van der Waals surface area contributed by atoms with Crippen LogP contribution in [0.2, 0.25) is 0 Å². The van der Waals surface area contributed by atoms with Crippen LogP contribution in [0.25, 0.3) is 0 Å². The van der Waals surface area contributed by atoms with E-state index in [-0.39, 0.29) is 5.56 Å². The number of rotatable bonds is 4. The van der Waals surface area contributed by atoms with Crippen molar-refractivity contribution < 1.29 is 4.74 Å². The van der Waals surface area contributed by atoms with Crippen molar-refractivity contribution in [2.24, 2.45) is 4.99 Å². The van der Waals surface area contributed by atoms with Crippen molar-refractivity contribution in [2.45, 2.75) is 19.6 Å². The molecule has 1 aromatic carbocycles. The molecule has 2 aromatic heterocycles. The predicted octanol–water partition coefficient (Wildman–Crippen LogP) is 2.07. The van der Waals surface area contributed by atoms with Crippen molar-refractivity contribution in [1.29, 1.82) is 0 Å². The number of aliphatic imine (C=N–C) groups is 1. The first kappa shape index (κ1) is 17.7. The number of fused-ring (bicyclic) bond motifs is 1. The third-order valence-electron chi connectivity index (χ3n) is 4.40. The molecule has 28 heavy (non-hydrogen) atoms. The second-order valence-corrected chi connectivity index (χ2v) is 6.33. The van der Waals surface area contributed by atoms with E-state index in [1.807, 2.05) is 42.5 Å². The number of aryl methyl sites for hydroxylation is 1. The number of nitrogens with one attached hydrogen (secondary N) is 2. The molecule has 8 heteroatoms. The van der Waals surface area contributed by atoms with Crippen LogP contribution in [0.4, 0.5) is 5.95 Å². The van der Waals surface area contributed by atoms with E-state index < -0.39 is 6.17 Å². The summed E-state index contributed by atoms with van der Waals surface area (Å²) in [5, 5.41) is 6.39. The standard InChI is InChI=1S/C20H20N6O2/c1-13-11-17(27)26-18(15-8-3-4-9-16(15)28-2)24-19(25-20(26)23-13)22-12-14-7-5-6-10-21-14/h3-11,18H,12H2,1-2H3,(H2,22,23,24,25)/t18-/m0/s1. The van der Waals surface area contributed by atoms with Crippen molar-refractivity contribution in [3.05, 3.63) is 82.0 Å². The highest BCUT2D eigenvalue weighted by atomic mass is 16.5. The molecule has 1 aliphatic rings. The molecule has 8 nitrogen and oxygen atoms in total. The van der Waals surface area contributed by atoms with Crippen LogP contribution in [-0.2, 0) is 6.54 Å². The zero-order chi connectivity index (χ0) is 19.5. The molecule has 4 rings (SSSR count). The first-order valence-corrected chi connectivity index (χ1v) is 8.87. The van der Waals surface area contributed by atoms with Gasteiger partial charge in [0.15, 0.2) is 5.96 Å². The highest BCUT2D eigenvalue weighted by molar-refractivity contribution is 5.93. The largest absolute Gasteiger partial charge is 0.496 e. The van der Waals surface area contributed by atoms with Crippen molar-refractivity contribution in [2.75, 3.05) is 12.4 Å². The van der Waals surface area contributed by atoms with Gasteiger partial charge in [0.05, 0.1) is 19.3 Å². The summed E-state index contributed by atoms with van der Waals surface area (Å²) < 4.78 is 7.06. The van der Waals surface area contributed by atoms with Gasteiger partial charge in [-0.3, -0.25) is 19.7 Å². The molecule has 0 spiro atoms. The zero-order valence-corrected chi connectivity index (χ0v) is 15.6. The lowest BCUT2D eigenvalue weighted by atomic mass is 10.1. The third kappa shape index (κ3) is 3.44. The molecular weight excluding hydrogens is 356 g/mol. The van der Waals surface area contributed by atoms with Crippen LogP contribution in [0.15, 0.2) is 64.5 Å². The number of hydrogen-bond acceptors (Lipinski definition) is 5. The molecule has 0 saturated heterocycles. The second-order valence-electron chi connectivity index (χ2n) is 6.33. The number of pyridine rings is 1. The molecule has 0 radical (unpaired) electrons. The maximum absolute atomic E-state index is 12.7. The van der Waals surface area contributed by atoms with Gasteiger partial charge in [0.2, 0.25) is 5.95 Å². The topological polar surface area (TPSA) is 93.4 Å². The Kier molecular flexibility index (Phi) is 4.76. The average Bonchev–Trinajstić information content (AvgIpc) is 2.72. The van der Waals surface area contributed by atoms with E-state index in [1.54, 1.807) is 24.8 Å². The molecule has 0 saturated carbocycles. The Morgan fingerprint density at radius 2 is 2.04 bits per heavy atom. The Labute approximate surface area is 162 Å². The Bertz CT molecular complexity index is 1080. The molecule has 0 bridgehead atoms. The van der Waals surface area contributed by atoms with Gasteiger partial charge in [-0.1, -0.05) is 24.3 Å². The van der Waals surface area contributed by atoms with Crippen LogP contribution in [0, 0.1) is 6.92 Å². The number of guanidine groups is 1. The Balaban J connectivity index is 1.77. The summed E-state index contributed by atoms with van der Waals surface area (Å²) in [6, 6.07) is 14.7. The summed E-state index contributed by atoms with van der Waals surface area (Å²) >= 11 is 0. The van der Waals surface area contributed by atoms with Crippen molar-refractivity contribution in [3.63, 3.8) is 0 Å². The smallest absolute Gasteiger partial charge is 0.257 e. The average molecular weight is 376 g/mol. The van der Waals surface area contributed by atoms with Gasteiger partial charge in [-0.25, -0.2) is 9.98 Å². The predicted molar refractivity (Wildman–Crippen MR) is 107 cm³/mol. The van der Waals surface area contributed by atoms with E-state index in [0.29, 0.717) is 29.9 Å². The molecule has 0 amide bonds. The quantitative estimate of drug-likeness (QED) is 0.724. The summed E-state index contributed by atoms with van der Waals surface area (Å²) in [5.74, 6) is 1.61. The van der Waals surface area contributed by atoms with Crippen LogP contribution in [0.3, 0.4) is 0 Å². The van der Waals surface area contributed by atoms with Crippen LogP contribution >= 0.6 is 0 Å². The molecule has 1 aliphatic heterocycles. The van der Waals surface area contributed by atoms with E-state index in [4.69, 9.17) is 4.74 Å². The minimum atomic E-state index is -0.504. The number of hydrogen-bond donors (Lipinski definition) is 2. The zero-order valence-electron chi connectivity index (χ0n) is 15.6. The Hall–Kier alpha value is -3.68. The lowest BCUT2D eigenvalue weighted by Gasteiger charge is -2.31. The first-order valence-electron chi connectivity index (χ1n) is 8.87. The van der Waals surface area contributed by atoms with Crippen LogP contribution in [-0.4, -0.2) is 27.6 Å². The number of methoxy groups -OCH3 is 1. The molecule has 0 aliphatic carbocycles. The molecule has 1 atom stereocenters. The SMILES string of the molecule is COc1ccccc1[C@H]1NC(=NCc2ccccn2)Nc2nc(C)cc(=O)n21. The minimum absolute atomic E-state index is 0.165. The second kappa shape index (κ2) is 7.51. The highest BCUT2D eigenvalue weighted by Crippen LogP contribution is 2.28. The molecule has 0 unspecified atom stereocenters. The van der Waals surface area contributed by atoms with Crippen molar-refractivity contribution in [3.8, 4) is 5.75 Å². The van der Waals surface area contributed by atoms with Crippen molar-refractivity contribution >= 4 is 11.9 Å². The lowest BCUT2D eigenvalue weighted by molar-refractivity contribution is 0.395. The Morgan fingerprint density at radius 1 is 1.21 bits per heavy atom. The number of anilines is 1. The van der Waals surface area contributed by atoms with E-state index >= 15 is 0 Å². The molecule has 142 valence electrons.